The van der Waals surface area contributed by atoms with E-state index in [1.807, 2.05) is 85.8 Å². The van der Waals surface area contributed by atoms with Crippen molar-refractivity contribution in [3.8, 4) is 0 Å². The first kappa shape index (κ1) is 25.5. The molecule has 196 valence electrons. The van der Waals surface area contributed by atoms with E-state index >= 15 is 0 Å². The second-order valence-corrected chi connectivity index (χ2v) is 10.00. The van der Waals surface area contributed by atoms with Crippen LogP contribution >= 0.6 is 0 Å². The topological polar surface area (TPSA) is 76.2 Å². The van der Waals surface area contributed by atoms with Gasteiger partial charge in [0.05, 0.1) is 13.1 Å². The van der Waals surface area contributed by atoms with Crippen molar-refractivity contribution in [1.29, 1.82) is 0 Å². The lowest BCUT2D eigenvalue weighted by Gasteiger charge is -2.54. The minimum absolute atomic E-state index is 0.0196. The smallest absolute Gasteiger partial charge is 0.333 e. The van der Waals surface area contributed by atoms with Crippen LogP contribution in [0.2, 0.25) is 0 Å². The van der Waals surface area contributed by atoms with E-state index < -0.39 is 12.2 Å². The van der Waals surface area contributed by atoms with Gasteiger partial charge in [-0.05, 0) is 23.6 Å². The summed E-state index contributed by atoms with van der Waals surface area (Å²) >= 11 is 0. The lowest BCUT2D eigenvalue weighted by molar-refractivity contribution is -0.187. The van der Waals surface area contributed by atoms with Crippen molar-refractivity contribution in [2.24, 2.45) is 0 Å². The third-order valence-corrected chi connectivity index (χ3v) is 7.16. The highest BCUT2D eigenvalue weighted by atomic mass is 16.2. The fourth-order valence-corrected chi connectivity index (χ4v) is 5.37. The fraction of sp³-hybridized carbons (Fsp3) is 0.300. The Morgan fingerprint density at radius 3 is 2.24 bits per heavy atom. The second kappa shape index (κ2) is 11.1. The third kappa shape index (κ3) is 5.40. The molecule has 0 aromatic heterocycles. The largest absolute Gasteiger partial charge is 0.334 e. The minimum Gasteiger partial charge on any atom is -0.333 e. The highest BCUT2D eigenvalue weighted by Gasteiger charge is 2.50. The maximum atomic E-state index is 13.9. The van der Waals surface area contributed by atoms with Gasteiger partial charge in [0, 0.05) is 26.6 Å². The van der Waals surface area contributed by atoms with Gasteiger partial charge < -0.3 is 15.1 Å². The molecule has 8 heteroatoms. The van der Waals surface area contributed by atoms with Crippen LogP contribution in [0.3, 0.4) is 0 Å². The van der Waals surface area contributed by atoms with E-state index in [9.17, 15) is 14.4 Å². The summed E-state index contributed by atoms with van der Waals surface area (Å²) < 4.78 is 0. The number of carbonyl (C=O) groups excluding carboxylic acids is 3. The SMILES string of the molecule is Cc1cccc(CN2C[C@H]3N(C(=O)CN(C)N3C(=O)NCc3ccccc3)[C@@H](Cc3ccccc3)C2=O)c1. The van der Waals surface area contributed by atoms with Gasteiger partial charge in [-0.1, -0.05) is 90.5 Å². The van der Waals surface area contributed by atoms with Crippen LogP contribution in [0.5, 0.6) is 0 Å². The number of piperazine rings is 1. The van der Waals surface area contributed by atoms with Crippen LogP contribution in [0.1, 0.15) is 22.3 Å². The number of rotatable bonds is 6. The summed E-state index contributed by atoms with van der Waals surface area (Å²) in [6.07, 6.45) is -0.233. The molecule has 2 fully saturated rings. The number of likely N-dealkylation sites (N-methyl/N-ethyl adjacent to an activating group) is 1. The highest BCUT2D eigenvalue weighted by Crippen LogP contribution is 2.28. The Morgan fingerprint density at radius 1 is 0.895 bits per heavy atom. The lowest BCUT2D eigenvalue weighted by atomic mass is 9.98. The first-order chi connectivity index (χ1) is 18.4. The standard InChI is InChI=1S/C30H33N5O3/c1-22-10-9-15-25(16-22)19-33-20-27-34(26(29(33)37)17-23-11-5-3-6-12-23)28(36)21-32(2)35(27)30(38)31-18-24-13-7-4-8-14-24/h3-16,26-27H,17-21H2,1-2H3,(H,31,38)/t26-,27-/m0/s1. The molecule has 0 unspecified atom stereocenters. The van der Waals surface area contributed by atoms with Crippen LogP contribution in [0.4, 0.5) is 4.79 Å². The third-order valence-electron chi connectivity index (χ3n) is 7.16. The Kier molecular flexibility index (Phi) is 7.42. The normalized spacial score (nSPS) is 19.9. The molecule has 3 aromatic carbocycles. The average Bonchev–Trinajstić information content (AvgIpc) is 2.91. The lowest BCUT2D eigenvalue weighted by Crippen LogP contribution is -2.76. The molecule has 0 bridgehead atoms. The number of benzene rings is 3. The van der Waals surface area contributed by atoms with Crippen LogP contribution < -0.4 is 5.32 Å². The fourth-order valence-electron chi connectivity index (χ4n) is 5.37. The molecule has 2 aliphatic rings. The maximum Gasteiger partial charge on any atom is 0.334 e. The van der Waals surface area contributed by atoms with Crippen LogP contribution in [0.15, 0.2) is 84.9 Å². The molecule has 2 aliphatic heterocycles. The Labute approximate surface area is 223 Å². The Morgan fingerprint density at radius 2 is 1.55 bits per heavy atom. The van der Waals surface area contributed by atoms with Gasteiger partial charge in [0.2, 0.25) is 11.8 Å². The number of hydrazine groups is 1. The molecule has 4 amide bonds. The number of nitrogens with zero attached hydrogens (tertiary/aromatic N) is 4. The van der Waals surface area contributed by atoms with Crippen molar-refractivity contribution in [1.82, 2.24) is 25.1 Å². The molecular weight excluding hydrogens is 478 g/mol. The van der Waals surface area contributed by atoms with E-state index in [1.165, 1.54) is 0 Å². The number of carbonyl (C=O) groups is 3. The molecule has 0 aliphatic carbocycles. The molecule has 0 spiro atoms. The molecule has 1 N–H and O–H groups in total. The highest BCUT2D eigenvalue weighted by molar-refractivity contribution is 5.91. The molecule has 0 radical (unpaired) electrons. The maximum absolute atomic E-state index is 13.9. The van der Waals surface area contributed by atoms with Crippen molar-refractivity contribution in [3.05, 3.63) is 107 Å². The molecule has 2 atom stereocenters. The summed E-state index contributed by atoms with van der Waals surface area (Å²) in [5.41, 5.74) is 4.08. The number of hydrogen-bond acceptors (Lipinski definition) is 4. The van der Waals surface area contributed by atoms with Crippen LogP contribution in [-0.4, -0.2) is 70.0 Å². The molecule has 8 nitrogen and oxygen atoms in total. The van der Waals surface area contributed by atoms with Gasteiger partial charge in [0.25, 0.3) is 0 Å². The van der Waals surface area contributed by atoms with Gasteiger partial charge in [0.1, 0.15) is 12.2 Å². The van der Waals surface area contributed by atoms with E-state index in [0.29, 0.717) is 19.5 Å². The number of fused-ring (bicyclic) bond motifs is 1. The van der Waals surface area contributed by atoms with E-state index in [2.05, 4.69) is 11.4 Å². The number of nitrogens with one attached hydrogen (secondary N) is 1. The molecule has 38 heavy (non-hydrogen) atoms. The zero-order valence-electron chi connectivity index (χ0n) is 21.8. The Balaban J connectivity index is 1.45. The van der Waals surface area contributed by atoms with E-state index in [1.54, 1.807) is 26.9 Å². The summed E-state index contributed by atoms with van der Waals surface area (Å²) in [5.74, 6) is -0.261. The first-order valence-electron chi connectivity index (χ1n) is 12.9. The summed E-state index contributed by atoms with van der Waals surface area (Å²) in [5, 5.41) is 6.25. The second-order valence-electron chi connectivity index (χ2n) is 10.00. The van der Waals surface area contributed by atoms with Crippen molar-refractivity contribution >= 4 is 17.8 Å². The summed E-state index contributed by atoms with van der Waals surface area (Å²) in [6, 6.07) is 26.5. The number of amides is 4. The van der Waals surface area contributed by atoms with Gasteiger partial charge in [-0.2, -0.15) is 0 Å². The zero-order chi connectivity index (χ0) is 26.6. The van der Waals surface area contributed by atoms with Crippen molar-refractivity contribution in [2.75, 3.05) is 20.1 Å². The number of hydrogen-bond donors (Lipinski definition) is 1. The Bertz CT molecular complexity index is 1300. The zero-order valence-corrected chi connectivity index (χ0v) is 21.8. The van der Waals surface area contributed by atoms with E-state index in [-0.39, 0.29) is 30.9 Å². The van der Waals surface area contributed by atoms with Gasteiger partial charge in [-0.3, -0.25) is 9.59 Å². The van der Waals surface area contributed by atoms with Crippen molar-refractivity contribution in [2.45, 2.75) is 38.6 Å². The van der Waals surface area contributed by atoms with E-state index in [4.69, 9.17) is 0 Å². The first-order valence-corrected chi connectivity index (χ1v) is 12.9. The Hall–Kier alpha value is -4.17. The monoisotopic (exact) mass is 511 g/mol. The molecule has 2 heterocycles. The van der Waals surface area contributed by atoms with Crippen LogP contribution in [0, 0.1) is 6.92 Å². The molecule has 5 rings (SSSR count). The number of urea groups is 1. The predicted molar refractivity (Wildman–Crippen MR) is 144 cm³/mol. The van der Waals surface area contributed by atoms with Crippen LogP contribution in [-0.2, 0) is 29.1 Å². The summed E-state index contributed by atoms with van der Waals surface area (Å²) in [7, 11) is 1.74. The van der Waals surface area contributed by atoms with Gasteiger partial charge in [-0.15, -0.1) is 0 Å². The van der Waals surface area contributed by atoms with Crippen LogP contribution in [0.25, 0.3) is 0 Å². The summed E-state index contributed by atoms with van der Waals surface area (Å²) in [6.45, 7) is 3.05. The van der Waals surface area contributed by atoms with Gasteiger partial charge >= 0.3 is 6.03 Å². The molecular formula is C30H33N5O3. The van der Waals surface area contributed by atoms with Crippen molar-refractivity contribution in [3.63, 3.8) is 0 Å². The van der Waals surface area contributed by atoms with Crippen molar-refractivity contribution < 1.29 is 14.4 Å². The predicted octanol–water partition coefficient (Wildman–Crippen LogP) is 3.18. The van der Waals surface area contributed by atoms with Gasteiger partial charge in [0.15, 0.2) is 0 Å². The minimum atomic E-state index is -0.702. The van der Waals surface area contributed by atoms with E-state index in [0.717, 1.165) is 22.3 Å². The van der Waals surface area contributed by atoms with Gasteiger partial charge in [-0.25, -0.2) is 14.8 Å². The molecule has 0 saturated carbocycles. The number of aryl methyl sites for hydroxylation is 1. The quantitative estimate of drug-likeness (QED) is 0.552. The summed E-state index contributed by atoms with van der Waals surface area (Å²) in [4.78, 5) is 44.2. The molecule has 2 saturated heterocycles. The molecule has 3 aromatic rings. The average molecular weight is 512 g/mol.